The van der Waals surface area contributed by atoms with Gasteiger partial charge in [-0.3, -0.25) is 9.59 Å². The van der Waals surface area contributed by atoms with Crippen LogP contribution in [-0.4, -0.2) is 22.3 Å². The highest BCUT2D eigenvalue weighted by atomic mass is 32.2. The summed E-state index contributed by atoms with van der Waals surface area (Å²) in [4.78, 5) is 28.3. The highest BCUT2D eigenvalue weighted by Gasteiger charge is 2.22. The molecular weight excluding hydrogens is 392 g/mol. The lowest BCUT2D eigenvalue weighted by atomic mass is 9.96. The number of fused-ring (bicyclic) bond motifs is 1. The molecule has 4 rings (SSSR count). The lowest BCUT2D eigenvalue weighted by molar-refractivity contribution is -0.115. The number of benzene rings is 2. The summed E-state index contributed by atoms with van der Waals surface area (Å²) in [5, 5.41) is 3.57. The van der Waals surface area contributed by atoms with Crippen LogP contribution in [0.2, 0.25) is 0 Å². The molecule has 28 heavy (non-hydrogen) atoms. The van der Waals surface area contributed by atoms with Crippen LogP contribution in [-0.2, 0) is 4.79 Å². The number of ether oxygens (including phenoxy) is 1. The predicted molar refractivity (Wildman–Crippen MR) is 118 cm³/mol. The Bertz CT molecular complexity index is 1230. The van der Waals surface area contributed by atoms with Crippen LogP contribution in [0.4, 0.5) is 0 Å². The second-order valence-electron chi connectivity index (χ2n) is 6.31. The fraction of sp³-hybridized carbons (Fsp3) is 0.0952. The maximum Gasteiger partial charge on any atom is 0.263 e. The Kier molecular flexibility index (Phi) is 4.78. The molecule has 0 spiro atoms. The van der Waals surface area contributed by atoms with Crippen molar-refractivity contribution in [2.75, 3.05) is 7.11 Å². The van der Waals surface area contributed by atoms with Crippen LogP contribution in [0.5, 0.6) is 5.75 Å². The van der Waals surface area contributed by atoms with Gasteiger partial charge in [0.1, 0.15) is 10.1 Å². The van der Waals surface area contributed by atoms with E-state index in [1.54, 1.807) is 19.3 Å². The molecule has 0 unspecified atom stereocenters. The lowest BCUT2D eigenvalue weighted by Gasteiger charge is -2.13. The Morgan fingerprint density at radius 3 is 2.64 bits per heavy atom. The van der Waals surface area contributed by atoms with Crippen molar-refractivity contribution < 1.29 is 9.53 Å². The summed E-state index contributed by atoms with van der Waals surface area (Å²) >= 11 is 6.26. The summed E-state index contributed by atoms with van der Waals surface area (Å²) in [7, 11) is 1.57. The van der Waals surface area contributed by atoms with E-state index in [-0.39, 0.29) is 11.5 Å². The van der Waals surface area contributed by atoms with Gasteiger partial charge in [0.15, 0.2) is 0 Å². The molecule has 1 saturated heterocycles. The molecule has 7 heteroatoms. The molecule has 0 atom stereocenters. The molecule has 3 aromatic rings. The van der Waals surface area contributed by atoms with Crippen LogP contribution >= 0.6 is 24.0 Å². The Labute approximate surface area is 170 Å². The molecule has 2 aromatic carbocycles. The molecule has 1 aliphatic rings. The quantitative estimate of drug-likeness (QED) is 0.506. The lowest BCUT2D eigenvalue weighted by Crippen LogP contribution is -2.17. The van der Waals surface area contributed by atoms with Crippen molar-refractivity contribution in [1.82, 2.24) is 10.3 Å². The van der Waals surface area contributed by atoms with Crippen molar-refractivity contribution in [1.29, 1.82) is 0 Å². The average molecular weight is 409 g/mol. The number of H-pyrrole nitrogens is 1. The summed E-state index contributed by atoms with van der Waals surface area (Å²) in [6, 6.07) is 13.2. The van der Waals surface area contributed by atoms with Gasteiger partial charge in [-0.15, -0.1) is 0 Å². The molecule has 1 amide bonds. The van der Waals surface area contributed by atoms with Crippen molar-refractivity contribution >= 4 is 51.2 Å². The third-order valence-electron chi connectivity index (χ3n) is 4.61. The summed E-state index contributed by atoms with van der Waals surface area (Å²) in [6.45, 7) is 1.93. The van der Waals surface area contributed by atoms with Gasteiger partial charge in [-0.2, -0.15) is 0 Å². The van der Waals surface area contributed by atoms with Gasteiger partial charge in [-0.25, -0.2) is 0 Å². The Morgan fingerprint density at radius 2 is 1.93 bits per heavy atom. The largest absolute Gasteiger partial charge is 0.496 e. The topological polar surface area (TPSA) is 71.2 Å². The zero-order valence-corrected chi connectivity index (χ0v) is 16.8. The van der Waals surface area contributed by atoms with Crippen molar-refractivity contribution in [3.63, 3.8) is 0 Å². The molecule has 5 nitrogen and oxygen atoms in total. The number of carbonyl (C=O) groups is 1. The van der Waals surface area contributed by atoms with Crippen LogP contribution in [0.25, 0.3) is 28.1 Å². The molecule has 2 heterocycles. The number of aryl methyl sites for hydroxylation is 1. The summed E-state index contributed by atoms with van der Waals surface area (Å²) in [5.41, 5.74) is 3.48. The molecule has 140 valence electrons. The van der Waals surface area contributed by atoms with E-state index in [0.29, 0.717) is 26.1 Å². The molecule has 1 aromatic heterocycles. The minimum Gasteiger partial charge on any atom is -0.496 e. The number of pyridine rings is 1. The normalized spacial score (nSPS) is 15.3. The molecule has 0 saturated carbocycles. The standard InChI is InChI=1S/C21H16N2O3S2/c1-11-13-5-3-4-6-15(13)22-20(25)18(11)14-9-12(7-8-16(14)26-2)10-17-19(24)23-21(27)28-17/h3-10H,1-2H3,(H,22,25)(H,23,24,27)/b17-10-. The van der Waals surface area contributed by atoms with Crippen LogP contribution in [0.15, 0.2) is 52.2 Å². The number of thiocarbonyl (C=S) groups is 1. The van der Waals surface area contributed by atoms with Gasteiger partial charge in [0, 0.05) is 16.5 Å². The zero-order chi connectivity index (χ0) is 19.8. The number of rotatable bonds is 3. The smallest absolute Gasteiger partial charge is 0.263 e. The number of aromatic amines is 1. The van der Waals surface area contributed by atoms with Crippen LogP contribution in [0.3, 0.4) is 0 Å². The first-order valence-electron chi connectivity index (χ1n) is 8.53. The number of carbonyl (C=O) groups excluding carboxylic acids is 1. The van der Waals surface area contributed by atoms with Crippen LogP contribution in [0, 0.1) is 6.92 Å². The molecule has 0 bridgehead atoms. The maximum absolute atomic E-state index is 12.9. The maximum atomic E-state index is 12.9. The fourth-order valence-electron chi connectivity index (χ4n) is 3.32. The van der Waals surface area contributed by atoms with Crippen molar-refractivity contribution in [2.24, 2.45) is 0 Å². The van der Waals surface area contributed by atoms with Gasteiger partial charge in [-0.1, -0.05) is 48.2 Å². The molecule has 0 aliphatic carbocycles. The molecule has 1 fully saturated rings. The van der Waals surface area contributed by atoms with Crippen molar-refractivity contribution in [3.05, 3.63) is 68.9 Å². The molecule has 1 aliphatic heterocycles. The van der Waals surface area contributed by atoms with E-state index in [2.05, 4.69) is 10.3 Å². The highest BCUT2D eigenvalue weighted by Crippen LogP contribution is 2.34. The minimum absolute atomic E-state index is 0.187. The van der Waals surface area contributed by atoms with Gasteiger partial charge >= 0.3 is 0 Å². The third kappa shape index (κ3) is 3.23. The molecule has 2 N–H and O–H groups in total. The van der Waals surface area contributed by atoms with Gasteiger partial charge in [0.25, 0.3) is 11.5 Å². The predicted octanol–water partition coefficient (Wildman–Crippen LogP) is 4.00. The van der Waals surface area contributed by atoms with E-state index in [1.165, 1.54) is 11.8 Å². The van der Waals surface area contributed by atoms with Crippen LogP contribution in [0.1, 0.15) is 11.1 Å². The van der Waals surface area contributed by atoms with E-state index >= 15 is 0 Å². The summed E-state index contributed by atoms with van der Waals surface area (Å²) in [6.07, 6.45) is 1.76. The first-order valence-corrected chi connectivity index (χ1v) is 9.75. The summed E-state index contributed by atoms with van der Waals surface area (Å²) in [5.74, 6) is 0.372. The van der Waals surface area contributed by atoms with Gasteiger partial charge < -0.3 is 15.0 Å². The van der Waals surface area contributed by atoms with Gasteiger partial charge in [-0.05, 0) is 42.3 Å². The average Bonchev–Trinajstić information content (AvgIpc) is 2.99. The number of thioether (sulfide) groups is 1. The Hall–Kier alpha value is -2.90. The first-order chi connectivity index (χ1) is 13.5. The first kappa shape index (κ1) is 18.5. The molecule has 0 radical (unpaired) electrons. The van der Waals surface area contributed by atoms with E-state index in [9.17, 15) is 9.59 Å². The Balaban J connectivity index is 1.92. The number of hydrogen-bond acceptors (Lipinski definition) is 5. The number of amides is 1. The van der Waals surface area contributed by atoms with E-state index in [4.69, 9.17) is 17.0 Å². The van der Waals surface area contributed by atoms with E-state index in [0.717, 1.165) is 22.0 Å². The second-order valence-corrected chi connectivity index (χ2v) is 8.03. The number of hydrogen-bond donors (Lipinski definition) is 2. The van der Waals surface area contributed by atoms with Crippen LogP contribution < -0.4 is 15.6 Å². The molecular formula is C21H16N2O3S2. The second kappa shape index (κ2) is 7.26. The summed E-state index contributed by atoms with van der Waals surface area (Å²) < 4.78 is 5.94. The number of methoxy groups -OCH3 is 1. The number of nitrogens with one attached hydrogen (secondary N) is 2. The zero-order valence-electron chi connectivity index (χ0n) is 15.2. The number of para-hydroxylation sites is 1. The van der Waals surface area contributed by atoms with E-state index in [1.807, 2.05) is 43.3 Å². The van der Waals surface area contributed by atoms with E-state index < -0.39 is 0 Å². The third-order valence-corrected chi connectivity index (χ3v) is 5.78. The van der Waals surface area contributed by atoms with Gasteiger partial charge in [0.05, 0.1) is 17.6 Å². The Morgan fingerprint density at radius 1 is 1.14 bits per heavy atom. The fourth-order valence-corrected chi connectivity index (χ4v) is 4.36. The SMILES string of the molecule is COc1ccc(/C=C2\SC(=S)NC2=O)cc1-c1c(C)c2ccccc2[nH]c1=O. The minimum atomic E-state index is -0.216. The highest BCUT2D eigenvalue weighted by molar-refractivity contribution is 8.26. The monoisotopic (exact) mass is 408 g/mol. The van der Waals surface area contributed by atoms with Crippen molar-refractivity contribution in [3.8, 4) is 16.9 Å². The number of aromatic nitrogens is 1. The van der Waals surface area contributed by atoms with Crippen molar-refractivity contribution in [2.45, 2.75) is 6.92 Å². The van der Waals surface area contributed by atoms with Gasteiger partial charge in [0.2, 0.25) is 0 Å².